The third-order valence-corrected chi connectivity index (χ3v) is 7.48. The van der Waals surface area contributed by atoms with E-state index in [-0.39, 0.29) is 7.33 Å². The Kier molecular flexibility index (Phi) is 6.08. The van der Waals surface area contributed by atoms with Crippen molar-refractivity contribution in [1.82, 2.24) is 14.4 Å². The molecule has 1 aromatic heterocycles. The summed E-state index contributed by atoms with van der Waals surface area (Å²) in [5.41, 5.74) is 7.48. The van der Waals surface area contributed by atoms with Gasteiger partial charge in [-0.2, -0.15) is 0 Å². The van der Waals surface area contributed by atoms with Crippen LogP contribution in [0.15, 0.2) is 79.0 Å². The molecule has 5 heteroatoms. The van der Waals surface area contributed by atoms with Gasteiger partial charge < -0.3 is 14.2 Å². The maximum absolute atomic E-state index is 13.4. The molecule has 4 aromatic rings. The number of hydrogen-bond acceptors (Lipinski definition) is 3. The topological polar surface area (TPSA) is 37.7 Å². The number of nitrogens with zero attached hydrogens (tertiary/aromatic N) is 3. The number of hydrogen-bond donors (Lipinski definition) is 0. The average molecular weight is 480 g/mol. The number of fused-ring (bicyclic) bond motifs is 2. The van der Waals surface area contributed by atoms with Crippen molar-refractivity contribution in [2.75, 3.05) is 33.3 Å². The van der Waals surface area contributed by atoms with Crippen molar-refractivity contribution >= 4 is 28.5 Å². The molecule has 0 atom stereocenters. The molecule has 1 aliphatic carbocycles. The minimum atomic E-state index is 0. The van der Waals surface area contributed by atoms with E-state index in [1.165, 1.54) is 27.8 Å². The Morgan fingerprint density at radius 2 is 1.72 bits per heavy atom. The summed E-state index contributed by atoms with van der Waals surface area (Å²) in [6, 6.07) is 25.2. The Morgan fingerprint density at radius 3 is 2.50 bits per heavy atom. The number of rotatable bonds is 6. The zero-order chi connectivity index (χ0) is 24.5. The number of carbonyl (C=O) groups is 1. The van der Waals surface area contributed by atoms with Crippen LogP contribution in [0.3, 0.4) is 0 Å². The van der Waals surface area contributed by atoms with Crippen LogP contribution in [0.5, 0.6) is 5.75 Å². The van der Waals surface area contributed by atoms with Crippen LogP contribution in [-0.2, 0) is 24.3 Å². The quantitative estimate of drug-likeness (QED) is 0.375. The van der Waals surface area contributed by atoms with Crippen molar-refractivity contribution in [3.05, 3.63) is 101 Å². The molecule has 1 fully saturated rings. The lowest BCUT2D eigenvalue weighted by atomic mass is 10.0. The van der Waals surface area contributed by atoms with Crippen LogP contribution < -0.4 is 4.74 Å². The molecule has 1 saturated heterocycles. The summed E-state index contributed by atoms with van der Waals surface area (Å²) in [4.78, 5) is 17.8. The van der Waals surface area contributed by atoms with Gasteiger partial charge >= 0.3 is 0 Å². The Bertz CT molecular complexity index is 1440. The average Bonchev–Trinajstić information content (AvgIpc) is 3.51. The normalized spacial score (nSPS) is 15.7. The molecule has 1 amide bonds. The fourth-order valence-corrected chi connectivity index (χ4v) is 5.49. The summed E-state index contributed by atoms with van der Waals surface area (Å²) in [7, 11) is 1.70. The first-order valence-corrected chi connectivity index (χ1v) is 12.7. The van der Waals surface area contributed by atoms with Gasteiger partial charge in [0.2, 0.25) is 5.91 Å². The molecule has 3 aromatic carbocycles. The monoisotopic (exact) mass is 479 g/mol. The predicted molar refractivity (Wildman–Crippen MR) is 147 cm³/mol. The zero-order valence-corrected chi connectivity index (χ0v) is 20.7. The van der Waals surface area contributed by atoms with E-state index in [0.717, 1.165) is 55.8 Å². The first kappa shape index (κ1) is 22.6. The van der Waals surface area contributed by atoms with Gasteiger partial charge in [-0.25, -0.2) is 0 Å². The number of ether oxygens (including phenoxy) is 1. The van der Waals surface area contributed by atoms with Crippen molar-refractivity contribution < 1.29 is 11.0 Å². The summed E-state index contributed by atoms with van der Waals surface area (Å²) in [5, 5.41) is 1.13. The van der Waals surface area contributed by atoms with Crippen molar-refractivity contribution in [1.29, 1.82) is 0 Å². The van der Waals surface area contributed by atoms with Crippen LogP contribution >= 0.6 is 0 Å². The van der Waals surface area contributed by atoms with Crippen molar-refractivity contribution in [2.45, 2.75) is 19.5 Å². The fourth-order valence-electron chi connectivity index (χ4n) is 5.49. The van der Waals surface area contributed by atoms with Gasteiger partial charge in [0.05, 0.1) is 7.11 Å². The van der Waals surface area contributed by atoms with Gasteiger partial charge in [0, 0.05) is 56.8 Å². The Hall–Kier alpha value is -3.83. The highest BCUT2D eigenvalue weighted by atomic mass is 16.5. The van der Waals surface area contributed by atoms with E-state index in [1.807, 2.05) is 11.0 Å². The van der Waals surface area contributed by atoms with Crippen LogP contribution in [0.25, 0.3) is 22.6 Å². The lowest BCUT2D eigenvalue weighted by molar-refractivity contribution is -0.133. The second kappa shape index (κ2) is 9.67. The third kappa shape index (κ3) is 4.42. The highest BCUT2D eigenvalue weighted by Gasteiger charge is 2.23. The van der Waals surface area contributed by atoms with Gasteiger partial charge in [-0.3, -0.25) is 9.69 Å². The molecular formula is C31H33N3O2. The van der Waals surface area contributed by atoms with E-state index >= 15 is 0 Å². The Morgan fingerprint density at radius 1 is 0.944 bits per heavy atom. The molecule has 2 aliphatic rings. The van der Waals surface area contributed by atoms with Gasteiger partial charge in [-0.15, -0.1) is 0 Å². The Labute approximate surface area is 213 Å². The molecule has 6 rings (SSSR count). The van der Waals surface area contributed by atoms with Crippen LogP contribution in [0.4, 0.5) is 0 Å². The van der Waals surface area contributed by atoms with Crippen molar-refractivity contribution in [3.8, 4) is 5.75 Å². The molecule has 2 heterocycles. The number of methoxy groups -OCH3 is 1. The van der Waals surface area contributed by atoms with Crippen LogP contribution in [0.2, 0.25) is 0 Å². The molecular weight excluding hydrogens is 446 g/mol. The second-order valence-electron chi connectivity index (χ2n) is 9.74. The van der Waals surface area contributed by atoms with Crippen molar-refractivity contribution in [2.24, 2.45) is 0 Å². The van der Waals surface area contributed by atoms with Gasteiger partial charge in [0.25, 0.3) is 0 Å². The number of aromatic nitrogens is 1. The summed E-state index contributed by atoms with van der Waals surface area (Å²) < 4.78 is 7.65. The first-order chi connectivity index (χ1) is 17.7. The molecule has 36 heavy (non-hydrogen) atoms. The second-order valence-corrected chi connectivity index (χ2v) is 9.74. The number of benzene rings is 3. The van der Waals surface area contributed by atoms with Gasteiger partial charge in [0.1, 0.15) is 12.3 Å². The minimum Gasteiger partial charge on any atom is -0.497 e. The highest BCUT2D eigenvalue weighted by molar-refractivity contribution is 6.01. The van der Waals surface area contributed by atoms with Crippen LogP contribution in [0, 0.1) is 0 Å². The number of piperazine rings is 1. The van der Waals surface area contributed by atoms with E-state index in [4.69, 9.17) is 4.74 Å². The fraction of sp³-hybridized carbons (Fsp3) is 0.258. The molecule has 0 saturated carbocycles. The number of allylic oxidation sites excluding steroid dienone is 1. The van der Waals surface area contributed by atoms with E-state index in [0.29, 0.717) is 6.54 Å². The molecule has 0 unspecified atom stereocenters. The summed E-state index contributed by atoms with van der Waals surface area (Å²) in [6.45, 7) is 4.63. The van der Waals surface area contributed by atoms with Crippen LogP contribution in [0.1, 0.15) is 23.7 Å². The lowest BCUT2D eigenvalue weighted by Gasteiger charge is -2.35. The molecule has 0 bridgehead atoms. The molecule has 0 radical (unpaired) electrons. The predicted octanol–water partition coefficient (Wildman–Crippen LogP) is 5.34. The zero-order valence-electron chi connectivity index (χ0n) is 20.7. The standard InChI is InChI=1S/C31H31N3O2.H2/c1-36-27-11-12-30-28(19-27)29(26-17-24-9-5-6-10-25(24)18-26)21-34(30)22-31(35)33-15-13-32(14-16-33)20-23-7-3-2-4-8-23;/h2-12,17,19,21H,13-16,18,20,22H2,1H3;1H. The molecule has 184 valence electrons. The van der Waals surface area contributed by atoms with E-state index in [9.17, 15) is 4.79 Å². The van der Waals surface area contributed by atoms with E-state index in [2.05, 4.69) is 88.5 Å². The molecule has 1 aliphatic heterocycles. The molecule has 5 nitrogen and oxygen atoms in total. The van der Waals surface area contributed by atoms with E-state index in [1.54, 1.807) is 7.11 Å². The maximum atomic E-state index is 13.4. The third-order valence-electron chi connectivity index (χ3n) is 7.48. The van der Waals surface area contributed by atoms with Crippen LogP contribution in [-0.4, -0.2) is 53.6 Å². The largest absolute Gasteiger partial charge is 0.497 e. The summed E-state index contributed by atoms with van der Waals surface area (Å²) in [5.74, 6) is 1.01. The number of amides is 1. The SMILES string of the molecule is COc1ccc2c(c1)c(C1=Cc3ccccc3C1)cn2CC(=O)N1CCN(Cc2ccccc2)CC1.[HH]. The molecule has 0 spiro atoms. The summed E-state index contributed by atoms with van der Waals surface area (Å²) >= 11 is 0. The minimum absolute atomic E-state index is 0. The smallest absolute Gasteiger partial charge is 0.242 e. The van der Waals surface area contributed by atoms with Gasteiger partial charge in [-0.05, 0) is 46.9 Å². The van der Waals surface area contributed by atoms with E-state index < -0.39 is 0 Å². The van der Waals surface area contributed by atoms with Gasteiger partial charge in [0.15, 0.2) is 0 Å². The van der Waals surface area contributed by atoms with Gasteiger partial charge in [-0.1, -0.05) is 60.7 Å². The summed E-state index contributed by atoms with van der Waals surface area (Å²) in [6.07, 6.45) is 5.34. The number of carbonyl (C=O) groups excluding carboxylic acids is 1. The lowest BCUT2D eigenvalue weighted by Crippen LogP contribution is -2.49. The Balaban J connectivity index is 0.00000280. The van der Waals surface area contributed by atoms with Crippen molar-refractivity contribution in [3.63, 3.8) is 0 Å². The molecule has 0 N–H and O–H groups in total. The maximum Gasteiger partial charge on any atom is 0.242 e. The highest BCUT2D eigenvalue weighted by Crippen LogP contribution is 2.37. The first-order valence-electron chi connectivity index (χ1n) is 12.7.